The predicted octanol–water partition coefficient (Wildman–Crippen LogP) is 10.2. The minimum Gasteiger partial charge on any atom is -0.508 e. The Bertz CT molecular complexity index is 1120. The quantitative estimate of drug-likeness (QED) is 0.284. The molecule has 212 valence electrons. The molecule has 0 fully saturated rings. The van der Waals surface area contributed by atoms with Crippen molar-refractivity contribution in [2.24, 2.45) is 0 Å². The number of alkyl halides is 6. The topological polar surface area (TPSA) is 40.5 Å². The van der Waals surface area contributed by atoms with Crippen LogP contribution in [0.2, 0.25) is 0 Å². The van der Waals surface area contributed by atoms with Crippen molar-refractivity contribution in [2.45, 2.75) is 66.7 Å². The number of hydrogen-bond acceptors (Lipinski definition) is 2. The van der Waals surface area contributed by atoms with E-state index >= 15 is 0 Å². The standard InChI is InChI=1S/2C8H12.2C7H5F3O.Zr/c2*1-6-4-7(2)8(3)5-6;2*8-7(9,10)5-2-1-3-6(11)4-5;/h2*4H,5H2,1-3H3;2*1-4,11H;. The van der Waals surface area contributed by atoms with E-state index in [0.717, 1.165) is 24.3 Å². The smallest absolute Gasteiger partial charge is 0.416 e. The van der Waals surface area contributed by atoms with Crippen LogP contribution in [0.5, 0.6) is 11.5 Å². The van der Waals surface area contributed by atoms with Gasteiger partial charge >= 0.3 is 12.4 Å². The Hall–Kier alpha value is -2.54. The average Bonchev–Trinajstić information content (AvgIpc) is 3.24. The average molecular weight is 632 g/mol. The first-order valence-electron chi connectivity index (χ1n) is 11.8. The van der Waals surface area contributed by atoms with Gasteiger partial charge < -0.3 is 10.2 Å². The molecular weight excluding hydrogens is 598 g/mol. The minimum absolute atomic E-state index is 0. The molecule has 0 saturated heterocycles. The third-order valence-corrected chi connectivity index (χ3v) is 5.71. The number of phenols is 2. The third kappa shape index (κ3) is 13.9. The van der Waals surface area contributed by atoms with Gasteiger partial charge in [-0.1, -0.05) is 57.7 Å². The van der Waals surface area contributed by atoms with Gasteiger partial charge in [0.1, 0.15) is 11.5 Å². The Morgan fingerprint density at radius 1 is 0.564 bits per heavy atom. The molecule has 0 atom stereocenters. The van der Waals surface area contributed by atoms with Crippen molar-refractivity contribution < 1.29 is 62.8 Å². The molecule has 2 aromatic rings. The van der Waals surface area contributed by atoms with Crippen molar-refractivity contribution in [3.05, 3.63) is 105 Å². The van der Waals surface area contributed by atoms with Crippen LogP contribution in [0.4, 0.5) is 26.3 Å². The van der Waals surface area contributed by atoms with Crippen LogP contribution in [0.25, 0.3) is 0 Å². The Labute approximate surface area is 245 Å². The molecule has 2 aromatic carbocycles. The molecule has 2 aliphatic rings. The van der Waals surface area contributed by atoms with Crippen molar-refractivity contribution >= 4 is 0 Å². The van der Waals surface area contributed by atoms with Gasteiger partial charge in [0.05, 0.1) is 11.1 Å². The van der Waals surface area contributed by atoms with Crippen LogP contribution < -0.4 is 0 Å². The van der Waals surface area contributed by atoms with Crippen molar-refractivity contribution in [1.29, 1.82) is 0 Å². The second kappa shape index (κ2) is 15.9. The van der Waals surface area contributed by atoms with Gasteiger partial charge in [-0.3, -0.25) is 0 Å². The number of halogens is 6. The van der Waals surface area contributed by atoms with E-state index in [0.29, 0.717) is 12.1 Å². The maximum absolute atomic E-state index is 11.9. The fourth-order valence-electron chi connectivity index (χ4n) is 3.57. The Morgan fingerprint density at radius 3 is 1.00 bits per heavy atom. The molecule has 0 aliphatic heterocycles. The van der Waals surface area contributed by atoms with Crippen LogP contribution in [0.15, 0.2) is 94.1 Å². The molecule has 4 rings (SSSR count). The van der Waals surface area contributed by atoms with Crippen LogP contribution in [0.3, 0.4) is 0 Å². The summed E-state index contributed by atoms with van der Waals surface area (Å²) in [6, 6.07) is 7.85. The van der Waals surface area contributed by atoms with Crippen molar-refractivity contribution in [3.8, 4) is 11.5 Å². The third-order valence-electron chi connectivity index (χ3n) is 5.71. The minimum atomic E-state index is -4.38. The number of allylic oxidation sites excluding steroid dienone is 8. The second-order valence-corrected chi connectivity index (χ2v) is 9.36. The zero-order valence-electron chi connectivity index (χ0n) is 22.8. The Balaban J connectivity index is 0.000000495. The fourth-order valence-corrected chi connectivity index (χ4v) is 3.57. The molecule has 2 N–H and O–H groups in total. The number of rotatable bonds is 0. The number of benzene rings is 2. The van der Waals surface area contributed by atoms with Gasteiger partial charge in [0.25, 0.3) is 0 Å². The zero-order chi connectivity index (χ0) is 29.3. The summed E-state index contributed by atoms with van der Waals surface area (Å²) >= 11 is 0. The molecule has 0 saturated carbocycles. The maximum Gasteiger partial charge on any atom is 0.416 e. The van der Waals surface area contributed by atoms with Crippen molar-refractivity contribution in [2.75, 3.05) is 0 Å². The number of aromatic hydroxyl groups is 2. The first-order valence-corrected chi connectivity index (χ1v) is 11.8. The molecule has 0 heterocycles. The van der Waals surface area contributed by atoms with E-state index < -0.39 is 23.5 Å². The van der Waals surface area contributed by atoms with Crippen LogP contribution in [0, 0.1) is 0 Å². The van der Waals surface area contributed by atoms with Gasteiger partial charge in [-0.05, 0) is 90.8 Å². The summed E-state index contributed by atoms with van der Waals surface area (Å²) in [6.07, 6.45) is -1.83. The molecule has 2 aliphatic carbocycles. The molecular formula is C30H34F6O2Zr. The Morgan fingerprint density at radius 2 is 0.872 bits per heavy atom. The van der Waals surface area contributed by atoms with Gasteiger partial charge in [0.15, 0.2) is 0 Å². The van der Waals surface area contributed by atoms with Crippen LogP contribution in [-0.4, -0.2) is 10.2 Å². The van der Waals surface area contributed by atoms with E-state index in [9.17, 15) is 26.3 Å². The molecule has 0 bridgehead atoms. The molecule has 2 nitrogen and oxygen atoms in total. The fraction of sp³-hybridized carbons (Fsp3) is 0.333. The van der Waals surface area contributed by atoms with Gasteiger partial charge in [0, 0.05) is 26.2 Å². The van der Waals surface area contributed by atoms with Crippen molar-refractivity contribution in [1.82, 2.24) is 0 Å². The first kappa shape index (κ1) is 36.5. The molecule has 0 radical (unpaired) electrons. The molecule has 0 spiro atoms. The van der Waals surface area contributed by atoms with E-state index in [1.165, 1.54) is 58.4 Å². The van der Waals surface area contributed by atoms with Gasteiger partial charge in [-0.15, -0.1) is 0 Å². The number of hydrogen-bond donors (Lipinski definition) is 2. The SMILES string of the molecule is CC1=CC(C)=C(C)C1.CC1=CC(C)=C(C)C1.Oc1cccc(C(F)(F)F)c1.Oc1cccc(C(F)(F)F)c1.[Zr]. The molecule has 0 aromatic heterocycles. The van der Waals surface area contributed by atoms with Crippen molar-refractivity contribution in [3.63, 3.8) is 0 Å². The maximum atomic E-state index is 11.9. The first-order chi connectivity index (χ1) is 17.4. The van der Waals surface area contributed by atoms with E-state index in [-0.39, 0.29) is 37.7 Å². The van der Waals surface area contributed by atoms with E-state index in [2.05, 4.69) is 53.7 Å². The Kier molecular flexibility index (Phi) is 14.9. The monoisotopic (exact) mass is 630 g/mol. The molecule has 0 unspecified atom stereocenters. The van der Waals surface area contributed by atoms with Crippen LogP contribution in [-0.2, 0) is 38.6 Å². The summed E-state index contributed by atoms with van der Waals surface area (Å²) < 4.78 is 71.1. The van der Waals surface area contributed by atoms with E-state index in [1.54, 1.807) is 0 Å². The summed E-state index contributed by atoms with van der Waals surface area (Å²) in [5, 5.41) is 17.4. The van der Waals surface area contributed by atoms with E-state index in [1.807, 2.05) is 0 Å². The molecule has 0 amide bonds. The van der Waals surface area contributed by atoms with E-state index in [4.69, 9.17) is 10.2 Å². The normalized spacial score (nSPS) is 14.6. The second-order valence-electron chi connectivity index (χ2n) is 9.36. The largest absolute Gasteiger partial charge is 0.508 e. The predicted molar refractivity (Wildman–Crippen MR) is 140 cm³/mol. The van der Waals surface area contributed by atoms with Gasteiger partial charge in [0.2, 0.25) is 0 Å². The summed E-state index contributed by atoms with van der Waals surface area (Å²) in [6.45, 7) is 13.1. The van der Waals surface area contributed by atoms with Gasteiger partial charge in [-0.2, -0.15) is 26.3 Å². The zero-order valence-corrected chi connectivity index (χ0v) is 25.3. The molecule has 9 heteroatoms. The summed E-state index contributed by atoms with van der Waals surface area (Å²) in [5.41, 5.74) is 7.31. The summed E-state index contributed by atoms with van der Waals surface area (Å²) in [4.78, 5) is 0. The summed E-state index contributed by atoms with van der Waals surface area (Å²) in [7, 11) is 0. The number of phenolic OH excluding ortho intramolecular Hbond substituents is 2. The summed E-state index contributed by atoms with van der Waals surface area (Å²) in [5.74, 6) is -0.750. The van der Waals surface area contributed by atoms with Crippen LogP contribution >= 0.6 is 0 Å². The van der Waals surface area contributed by atoms with Gasteiger partial charge in [-0.25, -0.2) is 0 Å². The van der Waals surface area contributed by atoms with Crippen LogP contribution in [0.1, 0.15) is 65.5 Å². The molecule has 39 heavy (non-hydrogen) atoms.